The molecule has 0 atom stereocenters. The molecular weight excluding hydrogens is 191 g/mol. The van der Waals surface area contributed by atoms with E-state index in [1.807, 2.05) is 0 Å². The van der Waals surface area contributed by atoms with Gasteiger partial charge in [0.25, 0.3) is 0 Å². The van der Waals surface area contributed by atoms with Gasteiger partial charge in [-0.05, 0) is 25.5 Å². The van der Waals surface area contributed by atoms with Gasteiger partial charge >= 0.3 is 6.18 Å². The van der Waals surface area contributed by atoms with Gasteiger partial charge in [0.05, 0.1) is 5.57 Å². The highest BCUT2D eigenvalue weighted by Crippen LogP contribution is 2.30. The van der Waals surface area contributed by atoms with E-state index in [0.29, 0.717) is 5.70 Å². The Morgan fingerprint density at radius 2 is 1.79 bits per heavy atom. The highest BCUT2D eigenvalue weighted by molar-refractivity contribution is 5.35. The first-order chi connectivity index (χ1) is 6.32. The van der Waals surface area contributed by atoms with Crippen molar-refractivity contribution in [2.24, 2.45) is 0 Å². The predicted octanol–water partition coefficient (Wildman–Crippen LogP) is 3.17. The lowest BCUT2D eigenvalue weighted by molar-refractivity contribution is -0.0888. The first-order valence-electron chi connectivity index (χ1n) is 4.09. The summed E-state index contributed by atoms with van der Waals surface area (Å²) in [5.41, 5.74) is -0.0926. The average molecular weight is 205 g/mol. The molecule has 0 aliphatic carbocycles. The van der Waals surface area contributed by atoms with E-state index < -0.39 is 11.7 Å². The van der Waals surface area contributed by atoms with Crippen LogP contribution in [0, 0.1) is 0 Å². The molecule has 1 nitrogen and oxygen atoms in total. The molecule has 0 aromatic rings. The number of nitrogens with one attached hydrogen (secondary N) is 1. The van der Waals surface area contributed by atoms with Crippen molar-refractivity contribution in [2.75, 3.05) is 7.05 Å². The Balaban J connectivity index is 5.26. The van der Waals surface area contributed by atoms with Crippen molar-refractivity contribution >= 4 is 0 Å². The van der Waals surface area contributed by atoms with E-state index in [0.717, 1.165) is 6.08 Å². The van der Waals surface area contributed by atoms with E-state index in [2.05, 4.69) is 11.9 Å². The van der Waals surface area contributed by atoms with Crippen molar-refractivity contribution in [1.82, 2.24) is 5.32 Å². The summed E-state index contributed by atoms with van der Waals surface area (Å²) in [5, 5.41) is 2.64. The van der Waals surface area contributed by atoms with E-state index in [-0.39, 0.29) is 5.57 Å². The van der Waals surface area contributed by atoms with Crippen LogP contribution in [0.3, 0.4) is 0 Å². The van der Waals surface area contributed by atoms with Crippen LogP contribution in [-0.4, -0.2) is 13.2 Å². The van der Waals surface area contributed by atoms with Gasteiger partial charge in [0, 0.05) is 12.7 Å². The van der Waals surface area contributed by atoms with E-state index in [1.165, 1.54) is 13.0 Å². The van der Waals surface area contributed by atoms with E-state index in [4.69, 9.17) is 0 Å². The summed E-state index contributed by atoms with van der Waals surface area (Å²) in [6.45, 7) is 6.28. The van der Waals surface area contributed by atoms with Crippen molar-refractivity contribution in [3.63, 3.8) is 0 Å². The molecule has 0 saturated carbocycles. The van der Waals surface area contributed by atoms with Crippen LogP contribution in [0.5, 0.6) is 0 Å². The van der Waals surface area contributed by atoms with Crippen LogP contribution in [0.4, 0.5) is 13.2 Å². The Labute approximate surface area is 82.0 Å². The Bertz CT molecular complexity index is 272. The maximum Gasteiger partial charge on any atom is 0.416 e. The second kappa shape index (κ2) is 4.88. The molecule has 4 heteroatoms. The summed E-state index contributed by atoms with van der Waals surface area (Å²) in [5.74, 6) is 0. The SMILES string of the molecule is C=C/C(C)=C(\C=C(/C)NC)C(F)(F)F. The second-order valence-electron chi connectivity index (χ2n) is 2.88. The first-order valence-corrected chi connectivity index (χ1v) is 4.09. The third-order valence-electron chi connectivity index (χ3n) is 1.79. The molecule has 1 N–H and O–H groups in total. The minimum atomic E-state index is -4.34. The molecule has 0 aliphatic rings. The third kappa shape index (κ3) is 3.68. The van der Waals surface area contributed by atoms with Gasteiger partial charge < -0.3 is 5.32 Å². The molecule has 0 aromatic carbocycles. The van der Waals surface area contributed by atoms with Crippen molar-refractivity contribution in [2.45, 2.75) is 20.0 Å². The number of alkyl halides is 3. The molecular formula is C10H14F3N. The maximum absolute atomic E-state index is 12.5. The summed E-state index contributed by atoms with van der Waals surface area (Å²) in [4.78, 5) is 0. The molecule has 0 aromatic heterocycles. The van der Waals surface area contributed by atoms with Crippen molar-refractivity contribution in [3.8, 4) is 0 Å². The lowest BCUT2D eigenvalue weighted by Crippen LogP contribution is -2.14. The standard InChI is InChI=1S/C10H14F3N/c1-5-7(2)9(10(11,12)13)6-8(3)14-4/h5-6,14H,1H2,2-4H3/b8-6+,9-7+. The molecule has 0 spiro atoms. The predicted molar refractivity (Wildman–Crippen MR) is 51.8 cm³/mol. The van der Waals surface area contributed by atoms with Gasteiger partial charge in [-0.25, -0.2) is 0 Å². The molecule has 80 valence electrons. The summed E-state index contributed by atoms with van der Waals surface area (Å²) < 4.78 is 37.4. The summed E-state index contributed by atoms with van der Waals surface area (Å²) in [7, 11) is 1.57. The second-order valence-corrected chi connectivity index (χ2v) is 2.88. The molecule has 14 heavy (non-hydrogen) atoms. The minimum Gasteiger partial charge on any atom is -0.392 e. The topological polar surface area (TPSA) is 12.0 Å². The van der Waals surface area contributed by atoms with Crippen molar-refractivity contribution < 1.29 is 13.2 Å². The zero-order valence-corrected chi connectivity index (χ0v) is 8.50. The third-order valence-corrected chi connectivity index (χ3v) is 1.79. The molecule has 0 radical (unpaired) electrons. The van der Waals surface area contributed by atoms with Crippen LogP contribution in [0.1, 0.15) is 13.8 Å². The fourth-order valence-corrected chi connectivity index (χ4v) is 0.818. The molecule has 0 rings (SSSR count). The van der Waals surface area contributed by atoms with Crippen LogP contribution >= 0.6 is 0 Å². The highest BCUT2D eigenvalue weighted by Gasteiger charge is 2.33. The number of hydrogen-bond donors (Lipinski definition) is 1. The molecule has 0 amide bonds. The molecule has 0 aliphatic heterocycles. The van der Waals surface area contributed by atoms with Gasteiger partial charge in [0.2, 0.25) is 0 Å². The summed E-state index contributed by atoms with van der Waals surface area (Å²) in [6.07, 6.45) is -2.07. The van der Waals surface area contributed by atoms with Gasteiger partial charge in [-0.2, -0.15) is 13.2 Å². The van der Waals surface area contributed by atoms with E-state index in [1.54, 1.807) is 14.0 Å². The van der Waals surface area contributed by atoms with Crippen LogP contribution in [0.2, 0.25) is 0 Å². The monoisotopic (exact) mass is 205 g/mol. The van der Waals surface area contributed by atoms with Crippen molar-refractivity contribution in [1.29, 1.82) is 0 Å². The maximum atomic E-state index is 12.5. The van der Waals surface area contributed by atoms with Crippen molar-refractivity contribution in [3.05, 3.63) is 35.6 Å². The van der Waals surface area contributed by atoms with Crippen LogP contribution in [0.25, 0.3) is 0 Å². The zero-order valence-electron chi connectivity index (χ0n) is 8.50. The van der Waals surface area contributed by atoms with E-state index >= 15 is 0 Å². The number of halogens is 3. The Morgan fingerprint density at radius 3 is 2.07 bits per heavy atom. The molecule has 0 bridgehead atoms. The van der Waals surface area contributed by atoms with Gasteiger partial charge in [0.1, 0.15) is 0 Å². The molecule has 0 saturated heterocycles. The van der Waals surface area contributed by atoms with Crippen LogP contribution in [0.15, 0.2) is 35.6 Å². The van der Waals surface area contributed by atoms with Gasteiger partial charge in [-0.15, -0.1) is 0 Å². The average Bonchev–Trinajstić information content (AvgIpc) is 2.10. The van der Waals surface area contributed by atoms with Gasteiger partial charge in [-0.3, -0.25) is 0 Å². The lowest BCUT2D eigenvalue weighted by atomic mass is 10.1. The minimum absolute atomic E-state index is 0.118. The Kier molecular flexibility index (Phi) is 4.47. The fraction of sp³-hybridized carbons (Fsp3) is 0.400. The molecule has 0 heterocycles. The highest BCUT2D eigenvalue weighted by atomic mass is 19.4. The van der Waals surface area contributed by atoms with Crippen LogP contribution < -0.4 is 5.32 Å². The largest absolute Gasteiger partial charge is 0.416 e. The Hall–Kier alpha value is -1.19. The van der Waals surface area contributed by atoms with Gasteiger partial charge in [-0.1, -0.05) is 12.7 Å². The summed E-state index contributed by atoms with van der Waals surface area (Å²) >= 11 is 0. The molecule has 0 unspecified atom stereocenters. The zero-order chi connectivity index (χ0) is 11.4. The van der Waals surface area contributed by atoms with E-state index in [9.17, 15) is 13.2 Å². The van der Waals surface area contributed by atoms with Gasteiger partial charge in [0.15, 0.2) is 0 Å². The molecule has 0 fully saturated rings. The van der Waals surface area contributed by atoms with Crippen LogP contribution in [-0.2, 0) is 0 Å². The first kappa shape index (κ1) is 12.8. The normalized spacial score (nSPS) is 14.9. The number of allylic oxidation sites excluding steroid dienone is 5. The Morgan fingerprint density at radius 1 is 1.29 bits per heavy atom. The quantitative estimate of drug-likeness (QED) is 0.698. The fourth-order valence-electron chi connectivity index (χ4n) is 0.818. The number of hydrogen-bond acceptors (Lipinski definition) is 1. The number of rotatable bonds is 3. The smallest absolute Gasteiger partial charge is 0.392 e. The lowest BCUT2D eigenvalue weighted by Gasteiger charge is -2.11. The summed E-state index contributed by atoms with van der Waals surface area (Å²) in [6, 6.07) is 0.